The summed E-state index contributed by atoms with van der Waals surface area (Å²) in [7, 11) is 1.40. The van der Waals surface area contributed by atoms with Crippen molar-refractivity contribution in [2.45, 2.75) is 70.9 Å². The number of nitrogens with zero attached hydrogens (tertiary/aromatic N) is 5. The minimum Gasteiger partial charge on any atom is -0.406 e. The monoisotopic (exact) mass is 689 g/mol. The maximum Gasteiger partial charge on any atom is 0.573 e. The van der Waals surface area contributed by atoms with E-state index in [4.69, 9.17) is 0 Å². The molecule has 2 aliphatic rings. The van der Waals surface area contributed by atoms with Gasteiger partial charge in [-0.25, -0.2) is 9.18 Å². The number of halogens is 4. The van der Waals surface area contributed by atoms with Gasteiger partial charge in [-0.05, 0) is 74.6 Å². The Bertz CT molecular complexity index is 1620. The smallest absolute Gasteiger partial charge is 0.406 e. The Morgan fingerprint density at radius 1 is 1.06 bits per heavy atom. The number of carbonyl (C=O) groups is 4. The quantitative estimate of drug-likeness (QED) is 0.122. The molecule has 2 aromatic rings. The highest BCUT2D eigenvalue weighted by Gasteiger charge is 2.58. The molecule has 2 heterocycles. The lowest BCUT2D eigenvalue weighted by molar-refractivity contribution is -0.274. The van der Waals surface area contributed by atoms with Crippen molar-refractivity contribution in [2.24, 2.45) is 16.0 Å². The van der Waals surface area contributed by atoms with E-state index in [0.717, 1.165) is 17.4 Å². The van der Waals surface area contributed by atoms with E-state index in [1.165, 1.54) is 16.8 Å². The van der Waals surface area contributed by atoms with Gasteiger partial charge in [-0.3, -0.25) is 34.6 Å². The van der Waals surface area contributed by atoms with E-state index >= 15 is 0 Å². The standard InChI is InChI=1S/C33H39F4N7O5/c1-7-20(4)39-27(41-38-5)21-8-10-22(11-9-21)44-31(48)42(6)30(47)32(44)14-16-43(17-15-32)29(46)26(19(2)3)40-28(45)24-18-23(12-13-25(24)34)49-33(35,36)37/h8-13,18-20,26H,5,7,14-17H2,1-4,6H3,(H,39,41)(H,40,45). The van der Waals surface area contributed by atoms with Crippen molar-refractivity contribution in [2.75, 3.05) is 25.0 Å². The molecule has 264 valence electrons. The summed E-state index contributed by atoms with van der Waals surface area (Å²) in [6.07, 6.45) is -4.08. The predicted octanol–water partition coefficient (Wildman–Crippen LogP) is 4.69. The van der Waals surface area contributed by atoms with Crippen LogP contribution in [0.1, 0.15) is 62.9 Å². The second-order valence-electron chi connectivity index (χ2n) is 12.3. The van der Waals surface area contributed by atoms with E-state index in [2.05, 4.69) is 32.3 Å². The first-order valence-electron chi connectivity index (χ1n) is 15.7. The Morgan fingerprint density at radius 3 is 2.24 bits per heavy atom. The lowest BCUT2D eigenvalue weighted by Gasteiger charge is -2.43. The molecule has 2 aromatic carbocycles. The molecule has 4 rings (SSSR count). The molecule has 2 N–H and O–H groups in total. The number of imide groups is 1. The summed E-state index contributed by atoms with van der Waals surface area (Å²) < 4.78 is 56.4. The number of amidine groups is 1. The number of rotatable bonds is 10. The van der Waals surface area contributed by atoms with Gasteiger partial charge in [0.25, 0.3) is 11.8 Å². The van der Waals surface area contributed by atoms with Gasteiger partial charge < -0.3 is 15.0 Å². The molecule has 12 nitrogen and oxygen atoms in total. The first-order chi connectivity index (χ1) is 23.0. The van der Waals surface area contributed by atoms with E-state index in [9.17, 15) is 36.7 Å². The number of aliphatic imine (C=N–C) groups is 1. The van der Waals surface area contributed by atoms with Gasteiger partial charge in [0, 0.05) is 44.1 Å². The molecule has 2 fully saturated rings. The number of anilines is 1. The van der Waals surface area contributed by atoms with Crippen LogP contribution < -0.4 is 20.4 Å². The Balaban J connectivity index is 1.53. The minimum absolute atomic E-state index is 0.0142. The Kier molecular flexibility index (Phi) is 11.0. The van der Waals surface area contributed by atoms with Gasteiger partial charge in [0.2, 0.25) is 5.91 Å². The number of hydrogen-bond donors (Lipinski definition) is 2. The SMILES string of the molecule is C=NNC(=NC(C)CC)c1ccc(N2C(=O)N(C)C(=O)C23CCN(C(=O)C(NC(=O)c2cc(OC(F)(F)F)ccc2F)C(C)C)CC3)cc1. The van der Waals surface area contributed by atoms with E-state index in [1.54, 1.807) is 38.1 Å². The third-order valence-corrected chi connectivity index (χ3v) is 8.67. The first kappa shape index (κ1) is 36.8. The summed E-state index contributed by atoms with van der Waals surface area (Å²) in [4.78, 5) is 62.3. The predicted molar refractivity (Wildman–Crippen MR) is 174 cm³/mol. The molecular formula is C33H39F4N7O5. The molecule has 1 spiro atoms. The zero-order valence-corrected chi connectivity index (χ0v) is 27.8. The third kappa shape index (κ3) is 7.84. The number of urea groups is 1. The zero-order valence-electron chi connectivity index (χ0n) is 27.8. The average Bonchev–Trinajstić information content (AvgIpc) is 3.23. The summed E-state index contributed by atoms with van der Waals surface area (Å²) >= 11 is 0. The summed E-state index contributed by atoms with van der Waals surface area (Å²) in [5, 5.41) is 6.18. The molecule has 2 aliphatic heterocycles. The number of carbonyl (C=O) groups excluding carboxylic acids is 4. The molecule has 49 heavy (non-hydrogen) atoms. The summed E-state index contributed by atoms with van der Waals surface area (Å²) in [6.45, 7) is 10.8. The highest BCUT2D eigenvalue weighted by Crippen LogP contribution is 2.40. The van der Waals surface area contributed by atoms with Crippen LogP contribution in [0.25, 0.3) is 0 Å². The molecule has 0 saturated carbocycles. The number of ether oxygens (including phenoxy) is 1. The summed E-state index contributed by atoms with van der Waals surface area (Å²) in [5.41, 5.74) is 1.94. The van der Waals surface area contributed by atoms with Gasteiger partial charge in [0.15, 0.2) is 0 Å². The molecule has 0 aromatic heterocycles. The van der Waals surface area contributed by atoms with Crippen LogP contribution in [0, 0.1) is 11.7 Å². The number of hydrogen-bond acceptors (Lipinski definition) is 7. The third-order valence-electron chi connectivity index (χ3n) is 8.67. The van der Waals surface area contributed by atoms with Gasteiger partial charge in [0.1, 0.15) is 29.0 Å². The van der Waals surface area contributed by atoms with Crippen molar-refractivity contribution in [3.8, 4) is 5.75 Å². The van der Waals surface area contributed by atoms with Crippen LogP contribution in [0.3, 0.4) is 0 Å². The van der Waals surface area contributed by atoms with Gasteiger partial charge in [-0.15, -0.1) is 13.2 Å². The van der Waals surface area contributed by atoms with Crippen LogP contribution in [0.15, 0.2) is 52.6 Å². The molecule has 2 atom stereocenters. The second-order valence-corrected chi connectivity index (χ2v) is 12.3. The zero-order chi connectivity index (χ0) is 36.3. The van der Waals surface area contributed by atoms with E-state index in [1.807, 2.05) is 13.8 Å². The summed E-state index contributed by atoms with van der Waals surface area (Å²) in [6, 6.07) is 7.22. The van der Waals surface area contributed by atoms with Crippen LogP contribution >= 0.6 is 0 Å². The molecule has 0 radical (unpaired) electrons. The van der Waals surface area contributed by atoms with E-state index in [-0.39, 0.29) is 32.0 Å². The van der Waals surface area contributed by atoms with Crippen molar-refractivity contribution in [1.82, 2.24) is 20.5 Å². The van der Waals surface area contributed by atoms with Crippen molar-refractivity contribution < 1.29 is 41.5 Å². The molecule has 0 bridgehead atoms. The van der Waals surface area contributed by atoms with Crippen LogP contribution in [0.4, 0.5) is 28.0 Å². The van der Waals surface area contributed by atoms with Crippen LogP contribution in [-0.2, 0) is 9.59 Å². The number of likely N-dealkylation sites (tertiary alicyclic amines) is 1. The molecule has 0 aliphatic carbocycles. The first-order valence-corrected chi connectivity index (χ1v) is 15.7. The normalized spacial score (nSPS) is 17.8. The fourth-order valence-electron chi connectivity index (χ4n) is 5.85. The lowest BCUT2D eigenvalue weighted by Crippen LogP contribution is -2.60. The number of alkyl halides is 3. The van der Waals surface area contributed by atoms with Crippen LogP contribution in [-0.4, -0.2) is 90.2 Å². The fraction of sp³-hybridized carbons (Fsp3) is 0.455. The van der Waals surface area contributed by atoms with Crippen molar-refractivity contribution in [3.05, 3.63) is 59.4 Å². The largest absolute Gasteiger partial charge is 0.573 e. The minimum atomic E-state index is -5.06. The van der Waals surface area contributed by atoms with Gasteiger partial charge in [0.05, 0.1) is 5.56 Å². The lowest BCUT2D eigenvalue weighted by atomic mass is 9.85. The number of likely N-dealkylation sites (N-methyl/N-ethyl adjacent to an activating group) is 1. The van der Waals surface area contributed by atoms with Crippen LogP contribution in [0.2, 0.25) is 0 Å². The van der Waals surface area contributed by atoms with Gasteiger partial charge >= 0.3 is 12.4 Å². The van der Waals surface area contributed by atoms with E-state index in [0.29, 0.717) is 29.2 Å². The Labute approximate surface area is 281 Å². The number of piperidine rings is 1. The number of nitrogens with one attached hydrogen (secondary N) is 2. The maximum absolute atomic E-state index is 14.5. The second kappa shape index (κ2) is 14.6. The average molecular weight is 690 g/mol. The Morgan fingerprint density at radius 2 is 1.69 bits per heavy atom. The highest BCUT2D eigenvalue weighted by atomic mass is 19.4. The Hall–Kier alpha value is -5.02. The molecule has 2 saturated heterocycles. The maximum atomic E-state index is 14.5. The molecule has 2 unspecified atom stereocenters. The van der Waals surface area contributed by atoms with Crippen LogP contribution in [0.5, 0.6) is 5.75 Å². The van der Waals surface area contributed by atoms with E-state index < -0.39 is 64.7 Å². The van der Waals surface area contributed by atoms with Gasteiger partial charge in [-0.1, -0.05) is 20.8 Å². The number of benzene rings is 2. The van der Waals surface area contributed by atoms with Crippen molar-refractivity contribution in [3.63, 3.8) is 0 Å². The van der Waals surface area contributed by atoms with Crippen molar-refractivity contribution >= 4 is 42.0 Å². The van der Waals surface area contributed by atoms with Gasteiger partial charge in [-0.2, -0.15) is 5.10 Å². The van der Waals surface area contributed by atoms with Crippen molar-refractivity contribution in [1.29, 1.82) is 0 Å². The number of amides is 5. The highest BCUT2D eigenvalue weighted by molar-refractivity contribution is 6.17. The fourth-order valence-corrected chi connectivity index (χ4v) is 5.85. The molecular weight excluding hydrogens is 650 g/mol. The topological polar surface area (TPSA) is 136 Å². The number of hydrazone groups is 1. The molecule has 16 heteroatoms. The molecule has 5 amide bonds. The summed E-state index contributed by atoms with van der Waals surface area (Å²) in [5.74, 6) is -3.95.